The Hall–Kier alpha value is -4.27. The van der Waals surface area contributed by atoms with Crippen molar-refractivity contribution >= 4 is 22.9 Å². The lowest BCUT2D eigenvalue weighted by Crippen LogP contribution is -2.13. The highest BCUT2D eigenvalue weighted by atomic mass is 16.6. The highest BCUT2D eigenvalue weighted by molar-refractivity contribution is 6.03. The normalized spacial score (nSPS) is 10.7. The van der Waals surface area contributed by atoms with Gasteiger partial charge in [0.05, 0.1) is 16.7 Å². The average molecular weight is 389 g/mol. The molecule has 4 rings (SSSR count). The summed E-state index contributed by atoms with van der Waals surface area (Å²) in [4.78, 5) is 27.4. The van der Waals surface area contributed by atoms with Crippen LogP contribution in [-0.2, 0) is 0 Å². The molecule has 0 radical (unpaired) electrons. The third-order valence-corrected chi connectivity index (χ3v) is 4.05. The molecule has 1 amide bonds. The fraction of sp³-hybridized carbons (Fsp3) is 0.0500. The first-order valence-electron chi connectivity index (χ1n) is 8.64. The number of rotatable bonds is 5. The van der Waals surface area contributed by atoms with Crippen LogP contribution in [0.15, 0.2) is 67.0 Å². The van der Waals surface area contributed by atoms with E-state index in [-0.39, 0.29) is 22.8 Å². The van der Waals surface area contributed by atoms with Gasteiger partial charge in [0.25, 0.3) is 11.6 Å². The molecule has 9 nitrogen and oxygen atoms in total. The molecular weight excluding hydrogens is 374 g/mol. The number of nitro benzene ring substituents is 1. The standard InChI is InChI=1S/C20H15N5O4/c1-13-4-2-5-16(8-13)29-17-10-14(9-15(11-17)25(27)28)22-20(26)18-12-19-21-6-3-7-24(19)23-18/h2-12H,1H3,(H,22,26). The van der Waals surface area contributed by atoms with Gasteiger partial charge >= 0.3 is 0 Å². The summed E-state index contributed by atoms with van der Waals surface area (Å²) in [5, 5.41) is 18.1. The Morgan fingerprint density at radius 3 is 2.76 bits per heavy atom. The van der Waals surface area contributed by atoms with E-state index in [0.717, 1.165) is 5.56 Å². The minimum absolute atomic E-state index is 0.136. The number of fused-ring (bicyclic) bond motifs is 1. The summed E-state index contributed by atoms with van der Waals surface area (Å²) in [6, 6.07) is 14.6. The Bertz CT molecular complexity index is 1200. The van der Waals surface area contributed by atoms with E-state index in [4.69, 9.17) is 4.74 Å². The molecule has 0 fully saturated rings. The van der Waals surface area contributed by atoms with Crippen molar-refractivity contribution < 1.29 is 14.5 Å². The monoisotopic (exact) mass is 389 g/mol. The lowest BCUT2D eigenvalue weighted by molar-refractivity contribution is -0.384. The minimum Gasteiger partial charge on any atom is -0.457 e. The second-order valence-electron chi connectivity index (χ2n) is 6.30. The first-order valence-corrected chi connectivity index (χ1v) is 8.64. The molecule has 0 atom stereocenters. The van der Waals surface area contributed by atoms with Crippen molar-refractivity contribution in [2.45, 2.75) is 6.92 Å². The fourth-order valence-corrected chi connectivity index (χ4v) is 2.77. The van der Waals surface area contributed by atoms with Crippen LogP contribution >= 0.6 is 0 Å². The highest BCUT2D eigenvalue weighted by Crippen LogP contribution is 2.30. The van der Waals surface area contributed by atoms with E-state index in [9.17, 15) is 14.9 Å². The van der Waals surface area contributed by atoms with Crippen molar-refractivity contribution in [3.8, 4) is 11.5 Å². The second-order valence-corrected chi connectivity index (χ2v) is 6.30. The van der Waals surface area contributed by atoms with Crippen molar-refractivity contribution in [3.63, 3.8) is 0 Å². The molecule has 0 bridgehead atoms. The van der Waals surface area contributed by atoms with Crippen molar-refractivity contribution in [2.24, 2.45) is 0 Å². The van der Waals surface area contributed by atoms with Gasteiger partial charge in [0.2, 0.25) is 0 Å². The number of hydrogen-bond donors (Lipinski definition) is 1. The molecule has 2 aromatic carbocycles. The first-order chi connectivity index (χ1) is 14.0. The third kappa shape index (κ3) is 4.03. The number of amides is 1. The molecule has 0 unspecified atom stereocenters. The molecule has 0 spiro atoms. The van der Waals surface area contributed by atoms with Gasteiger partial charge in [0, 0.05) is 30.6 Å². The maximum atomic E-state index is 12.6. The van der Waals surface area contributed by atoms with Gasteiger partial charge in [0.1, 0.15) is 11.5 Å². The molecule has 0 saturated heterocycles. The minimum atomic E-state index is -0.548. The quantitative estimate of drug-likeness (QED) is 0.408. The summed E-state index contributed by atoms with van der Waals surface area (Å²) in [6.45, 7) is 1.91. The summed E-state index contributed by atoms with van der Waals surface area (Å²) in [5.74, 6) is 0.253. The van der Waals surface area contributed by atoms with Crippen LogP contribution in [0.1, 0.15) is 16.1 Å². The Morgan fingerprint density at radius 2 is 2.00 bits per heavy atom. The molecule has 4 aromatic rings. The van der Waals surface area contributed by atoms with Crippen LogP contribution in [0.4, 0.5) is 11.4 Å². The molecule has 0 aliphatic heterocycles. The van der Waals surface area contributed by atoms with Crippen LogP contribution in [0.25, 0.3) is 5.65 Å². The van der Waals surface area contributed by atoms with Gasteiger partial charge in [-0.1, -0.05) is 12.1 Å². The lowest BCUT2D eigenvalue weighted by Gasteiger charge is -2.09. The van der Waals surface area contributed by atoms with Crippen molar-refractivity contribution in [2.75, 3.05) is 5.32 Å². The number of benzene rings is 2. The van der Waals surface area contributed by atoms with Crippen LogP contribution in [0.2, 0.25) is 0 Å². The van der Waals surface area contributed by atoms with E-state index >= 15 is 0 Å². The molecule has 2 heterocycles. The zero-order valence-electron chi connectivity index (χ0n) is 15.3. The number of nitro groups is 1. The summed E-state index contributed by atoms with van der Waals surface area (Å²) in [6.07, 6.45) is 3.26. The molecule has 9 heteroatoms. The van der Waals surface area contributed by atoms with Gasteiger partial charge < -0.3 is 10.1 Å². The van der Waals surface area contributed by atoms with Crippen LogP contribution in [0.3, 0.4) is 0 Å². The molecule has 2 aromatic heterocycles. The zero-order chi connectivity index (χ0) is 20.4. The van der Waals surface area contributed by atoms with E-state index < -0.39 is 10.8 Å². The van der Waals surface area contributed by atoms with E-state index in [1.54, 1.807) is 30.6 Å². The second kappa shape index (κ2) is 7.39. The molecule has 29 heavy (non-hydrogen) atoms. The van der Waals surface area contributed by atoms with Gasteiger partial charge in [-0.25, -0.2) is 9.50 Å². The summed E-state index contributed by atoms with van der Waals surface area (Å²) >= 11 is 0. The van der Waals surface area contributed by atoms with E-state index in [2.05, 4.69) is 15.4 Å². The molecule has 0 aliphatic carbocycles. The van der Waals surface area contributed by atoms with E-state index in [1.807, 2.05) is 19.1 Å². The summed E-state index contributed by atoms with van der Waals surface area (Å²) in [7, 11) is 0. The SMILES string of the molecule is Cc1cccc(Oc2cc(NC(=O)c3cc4ncccn4n3)cc([N+](=O)[O-])c2)c1. The Kier molecular flexibility index (Phi) is 4.62. The Balaban J connectivity index is 1.62. The van der Waals surface area contributed by atoms with Gasteiger partial charge in [-0.2, -0.15) is 5.10 Å². The number of nitrogens with zero attached hydrogens (tertiary/aromatic N) is 4. The summed E-state index contributed by atoms with van der Waals surface area (Å²) in [5.41, 5.74) is 1.65. The predicted octanol–water partition coefficient (Wildman–Crippen LogP) is 3.99. The maximum absolute atomic E-state index is 12.6. The highest BCUT2D eigenvalue weighted by Gasteiger charge is 2.16. The number of carbonyl (C=O) groups excluding carboxylic acids is 1. The van der Waals surface area contributed by atoms with E-state index in [1.165, 1.54) is 28.8 Å². The van der Waals surface area contributed by atoms with Crippen LogP contribution in [0.5, 0.6) is 11.5 Å². The van der Waals surface area contributed by atoms with Gasteiger partial charge in [-0.05, 0) is 30.7 Å². The predicted molar refractivity (Wildman–Crippen MR) is 105 cm³/mol. The van der Waals surface area contributed by atoms with Crippen LogP contribution in [-0.4, -0.2) is 25.4 Å². The van der Waals surface area contributed by atoms with Gasteiger partial charge in [-0.15, -0.1) is 0 Å². The number of anilines is 1. The van der Waals surface area contributed by atoms with E-state index in [0.29, 0.717) is 11.4 Å². The Labute approximate surface area is 164 Å². The smallest absolute Gasteiger partial charge is 0.276 e. The van der Waals surface area contributed by atoms with Crippen LogP contribution < -0.4 is 10.1 Å². The topological polar surface area (TPSA) is 112 Å². The molecule has 0 saturated carbocycles. The van der Waals surface area contributed by atoms with Crippen molar-refractivity contribution in [3.05, 3.63) is 88.4 Å². The van der Waals surface area contributed by atoms with Crippen molar-refractivity contribution in [1.82, 2.24) is 14.6 Å². The Morgan fingerprint density at radius 1 is 1.14 bits per heavy atom. The molecular formula is C20H15N5O4. The third-order valence-electron chi connectivity index (χ3n) is 4.05. The number of hydrogen-bond acceptors (Lipinski definition) is 6. The van der Waals surface area contributed by atoms with Crippen LogP contribution in [0, 0.1) is 17.0 Å². The number of ether oxygens (including phenoxy) is 1. The lowest BCUT2D eigenvalue weighted by atomic mass is 10.2. The van der Waals surface area contributed by atoms with Gasteiger partial charge in [0.15, 0.2) is 11.3 Å². The number of carbonyl (C=O) groups is 1. The van der Waals surface area contributed by atoms with Gasteiger partial charge in [-0.3, -0.25) is 14.9 Å². The zero-order valence-corrected chi connectivity index (χ0v) is 15.3. The maximum Gasteiger partial charge on any atom is 0.276 e. The fourth-order valence-electron chi connectivity index (χ4n) is 2.77. The molecule has 144 valence electrons. The average Bonchev–Trinajstić information content (AvgIpc) is 3.12. The molecule has 0 aliphatic rings. The number of aromatic nitrogens is 3. The number of aryl methyl sites for hydroxylation is 1. The molecule has 1 N–H and O–H groups in total. The largest absolute Gasteiger partial charge is 0.457 e. The van der Waals surface area contributed by atoms with Crippen molar-refractivity contribution in [1.29, 1.82) is 0 Å². The first kappa shape index (κ1) is 18.1. The summed E-state index contributed by atoms with van der Waals surface area (Å²) < 4.78 is 7.21. The number of nitrogens with one attached hydrogen (secondary N) is 1. The number of non-ortho nitro benzene ring substituents is 1.